The third-order valence-corrected chi connectivity index (χ3v) is 2.67. The van der Waals surface area contributed by atoms with Gasteiger partial charge < -0.3 is 15.0 Å². The lowest BCUT2D eigenvalue weighted by molar-refractivity contribution is 0.339. The Balaban J connectivity index is 2.68. The van der Waals surface area contributed by atoms with Crippen LogP contribution < -0.4 is 15.0 Å². The largest absolute Gasteiger partial charge is 0.490 e. The van der Waals surface area contributed by atoms with Gasteiger partial charge in [-0.2, -0.15) is 0 Å². The standard InChI is InChI=1S/C14H25N3O/c1-5-17(11-10-15-12(3)4)14-13(18-6-2)8-7-9-16-14/h7-9,12,15H,5-6,10-11H2,1-4H3. The van der Waals surface area contributed by atoms with Crippen molar-refractivity contribution in [3.8, 4) is 5.75 Å². The van der Waals surface area contributed by atoms with Crippen molar-refractivity contribution in [2.24, 2.45) is 0 Å². The van der Waals surface area contributed by atoms with Gasteiger partial charge in [0, 0.05) is 31.9 Å². The smallest absolute Gasteiger partial charge is 0.171 e. The highest BCUT2D eigenvalue weighted by atomic mass is 16.5. The zero-order valence-electron chi connectivity index (χ0n) is 11.9. The molecule has 1 aromatic rings. The minimum absolute atomic E-state index is 0.513. The van der Waals surface area contributed by atoms with Gasteiger partial charge in [-0.15, -0.1) is 0 Å². The summed E-state index contributed by atoms with van der Waals surface area (Å²) >= 11 is 0. The highest BCUT2D eigenvalue weighted by molar-refractivity contribution is 5.51. The fourth-order valence-electron chi connectivity index (χ4n) is 1.79. The van der Waals surface area contributed by atoms with Crippen molar-refractivity contribution in [1.29, 1.82) is 0 Å². The lowest BCUT2D eigenvalue weighted by Crippen LogP contribution is -2.35. The second kappa shape index (κ2) is 7.93. The Morgan fingerprint density at radius 3 is 2.78 bits per heavy atom. The van der Waals surface area contributed by atoms with Gasteiger partial charge in [-0.3, -0.25) is 0 Å². The normalized spacial score (nSPS) is 10.7. The maximum atomic E-state index is 5.62. The number of hydrogen-bond acceptors (Lipinski definition) is 4. The van der Waals surface area contributed by atoms with Crippen LogP contribution in [0.3, 0.4) is 0 Å². The van der Waals surface area contributed by atoms with Gasteiger partial charge in [-0.25, -0.2) is 4.98 Å². The molecule has 0 radical (unpaired) electrons. The van der Waals surface area contributed by atoms with Crippen molar-refractivity contribution < 1.29 is 4.74 Å². The van der Waals surface area contributed by atoms with Crippen molar-refractivity contribution in [3.05, 3.63) is 18.3 Å². The minimum Gasteiger partial charge on any atom is -0.490 e. The van der Waals surface area contributed by atoms with E-state index in [2.05, 4.69) is 36.0 Å². The molecule has 0 fully saturated rings. The number of anilines is 1. The average molecular weight is 251 g/mol. The summed E-state index contributed by atoms with van der Waals surface area (Å²) in [5.74, 6) is 1.80. The van der Waals surface area contributed by atoms with Crippen molar-refractivity contribution in [2.75, 3.05) is 31.1 Å². The first-order valence-corrected chi connectivity index (χ1v) is 6.75. The third kappa shape index (κ3) is 4.53. The number of nitrogens with one attached hydrogen (secondary N) is 1. The molecule has 0 bridgehead atoms. The zero-order chi connectivity index (χ0) is 13.4. The molecule has 1 heterocycles. The van der Waals surface area contributed by atoms with E-state index >= 15 is 0 Å². The van der Waals surface area contributed by atoms with E-state index in [1.165, 1.54) is 0 Å². The van der Waals surface area contributed by atoms with E-state index in [0.717, 1.165) is 31.2 Å². The molecule has 0 aliphatic rings. The second-order valence-corrected chi connectivity index (χ2v) is 4.45. The first-order valence-electron chi connectivity index (χ1n) is 6.75. The molecule has 1 rings (SSSR count). The number of aromatic nitrogens is 1. The molecule has 0 aliphatic heterocycles. The SMILES string of the molecule is CCOc1cccnc1N(CC)CCNC(C)C. The first kappa shape index (κ1) is 14.8. The Hall–Kier alpha value is -1.29. The van der Waals surface area contributed by atoms with E-state index in [1.807, 2.05) is 25.3 Å². The summed E-state index contributed by atoms with van der Waals surface area (Å²) in [7, 11) is 0. The molecule has 0 aromatic carbocycles. The predicted octanol–water partition coefficient (Wildman–Crippen LogP) is 2.30. The number of ether oxygens (including phenoxy) is 1. The molecule has 0 aliphatic carbocycles. The monoisotopic (exact) mass is 251 g/mol. The van der Waals surface area contributed by atoms with Crippen LogP contribution in [-0.2, 0) is 0 Å². The van der Waals surface area contributed by atoms with Crippen LogP contribution in [0.5, 0.6) is 5.75 Å². The highest BCUT2D eigenvalue weighted by Crippen LogP contribution is 2.24. The first-order chi connectivity index (χ1) is 8.69. The molecule has 0 amide bonds. The van der Waals surface area contributed by atoms with Crippen LogP contribution >= 0.6 is 0 Å². The van der Waals surface area contributed by atoms with E-state index < -0.39 is 0 Å². The molecule has 0 atom stereocenters. The summed E-state index contributed by atoms with van der Waals surface area (Å²) < 4.78 is 5.62. The number of pyridine rings is 1. The Bertz CT molecular complexity index is 342. The highest BCUT2D eigenvalue weighted by Gasteiger charge is 2.11. The number of nitrogens with zero attached hydrogens (tertiary/aromatic N) is 2. The maximum absolute atomic E-state index is 5.62. The number of rotatable bonds is 8. The van der Waals surface area contributed by atoms with Gasteiger partial charge in [-0.05, 0) is 26.0 Å². The Morgan fingerprint density at radius 1 is 1.39 bits per heavy atom. The van der Waals surface area contributed by atoms with Gasteiger partial charge in [0.1, 0.15) is 0 Å². The molecule has 0 saturated carbocycles. The van der Waals surface area contributed by atoms with Crippen LogP contribution in [0, 0.1) is 0 Å². The molecular weight excluding hydrogens is 226 g/mol. The van der Waals surface area contributed by atoms with E-state index in [1.54, 1.807) is 0 Å². The van der Waals surface area contributed by atoms with E-state index in [0.29, 0.717) is 12.6 Å². The lowest BCUT2D eigenvalue weighted by atomic mass is 10.3. The minimum atomic E-state index is 0.513. The van der Waals surface area contributed by atoms with Crippen molar-refractivity contribution in [1.82, 2.24) is 10.3 Å². The molecule has 4 nitrogen and oxygen atoms in total. The van der Waals surface area contributed by atoms with E-state index in [4.69, 9.17) is 4.74 Å². The summed E-state index contributed by atoms with van der Waals surface area (Å²) in [6.07, 6.45) is 1.82. The van der Waals surface area contributed by atoms with Crippen LogP contribution in [0.2, 0.25) is 0 Å². The molecule has 1 aromatic heterocycles. The van der Waals surface area contributed by atoms with Gasteiger partial charge in [0.25, 0.3) is 0 Å². The topological polar surface area (TPSA) is 37.4 Å². The molecular formula is C14H25N3O. The fraction of sp³-hybridized carbons (Fsp3) is 0.643. The van der Waals surface area contributed by atoms with Crippen molar-refractivity contribution in [3.63, 3.8) is 0 Å². The third-order valence-electron chi connectivity index (χ3n) is 2.67. The van der Waals surface area contributed by atoms with Crippen LogP contribution in [0.1, 0.15) is 27.7 Å². The summed E-state index contributed by atoms with van der Waals surface area (Å²) in [4.78, 5) is 6.68. The lowest BCUT2D eigenvalue weighted by Gasteiger charge is -2.24. The summed E-state index contributed by atoms with van der Waals surface area (Å²) in [5.41, 5.74) is 0. The number of likely N-dealkylation sites (N-methyl/N-ethyl adjacent to an activating group) is 1. The second-order valence-electron chi connectivity index (χ2n) is 4.45. The molecule has 1 N–H and O–H groups in total. The summed E-state index contributed by atoms with van der Waals surface area (Å²) in [6, 6.07) is 4.40. The van der Waals surface area contributed by atoms with Gasteiger partial charge in [0.05, 0.1) is 6.61 Å². The predicted molar refractivity (Wildman–Crippen MR) is 76.4 cm³/mol. The molecule has 0 spiro atoms. The van der Waals surface area contributed by atoms with E-state index in [-0.39, 0.29) is 0 Å². The van der Waals surface area contributed by atoms with Gasteiger partial charge in [0.2, 0.25) is 0 Å². The Kier molecular flexibility index (Phi) is 6.50. The quantitative estimate of drug-likeness (QED) is 0.769. The molecule has 18 heavy (non-hydrogen) atoms. The van der Waals surface area contributed by atoms with Gasteiger partial charge in [-0.1, -0.05) is 13.8 Å². The van der Waals surface area contributed by atoms with Crippen molar-refractivity contribution >= 4 is 5.82 Å². The van der Waals surface area contributed by atoms with Gasteiger partial charge in [0.15, 0.2) is 11.6 Å². The molecule has 0 saturated heterocycles. The average Bonchev–Trinajstić information content (AvgIpc) is 2.36. The summed E-state index contributed by atoms with van der Waals surface area (Å²) in [6.45, 7) is 11.9. The van der Waals surface area contributed by atoms with Crippen LogP contribution in [0.4, 0.5) is 5.82 Å². The Labute approximate surface area is 110 Å². The zero-order valence-corrected chi connectivity index (χ0v) is 11.9. The van der Waals surface area contributed by atoms with Crippen molar-refractivity contribution in [2.45, 2.75) is 33.7 Å². The maximum Gasteiger partial charge on any atom is 0.171 e. The van der Waals surface area contributed by atoms with Crippen LogP contribution in [0.25, 0.3) is 0 Å². The molecule has 0 unspecified atom stereocenters. The van der Waals surface area contributed by atoms with Crippen LogP contribution in [-0.4, -0.2) is 37.3 Å². The van der Waals surface area contributed by atoms with E-state index in [9.17, 15) is 0 Å². The van der Waals surface area contributed by atoms with Crippen LogP contribution in [0.15, 0.2) is 18.3 Å². The molecule has 4 heteroatoms. The Morgan fingerprint density at radius 2 is 2.17 bits per heavy atom. The number of hydrogen-bond donors (Lipinski definition) is 1. The fourth-order valence-corrected chi connectivity index (χ4v) is 1.79. The summed E-state index contributed by atoms with van der Waals surface area (Å²) in [5, 5.41) is 3.42. The molecule has 102 valence electrons. The van der Waals surface area contributed by atoms with Gasteiger partial charge >= 0.3 is 0 Å².